The normalized spacial score (nSPS) is 17.0. The summed E-state index contributed by atoms with van der Waals surface area (Å²) in [6.45, 7) is 1.43. The van der Waals surface area contributed by atoms with Gasteiger partial charge in [0.25, 0.3) is 0 Å². The van der Waals surface area contributed by atoms with Gasteiger partial charge in [0.2, 0.25) is 0 Å². The molecule has 1 aliphatic rings. The van der Waals surface area contributed by atoms with Crippen molar-refractivity contribution in [2.24, 2.45) is 0 Å². The van der Waals surface area contributed by atoms with E-state index in [1.165, 1.54) is 11.1 Å². The van der Waals surface area contributed by atoms with Crippen LogP contribution in [0.3, 0.4) is 0 Å². The highest BCUT2D eigenvalue weighted by atomic mass is 79.9. The van der Waals surface area contributed by atoms with E-state index in [1.807, 2.05) is 18.2 Å². The summed E-state index contributed by atoms with van der Waals surface area (Å²) in [5.74, 6) is 2.27. The molecule has 0 N–H and O–H groups in total. The van der Waals surface area contributed by atoms with Gasteiger partial charge in [-0.25, -0.2) is 0 Å². The number of rotatable bonds is 4. The average molecular weight is 412 g/mol. The Kier molecular flexibility index (Phi) is 4.86. The van der Waals surface area contributed by atoms with Gasteiger partial charge in [-0.15, -0.1) is 0 Å². The van der Waals surface area contributed by atoms with Gasteiger partial charge in [-0.2, -0.15) is 0 Å². The lowest BCUT2D eigenvalue weighted by molar-refractivity contribution is 0.217. The number of hydrogen-bond donors (Lipinski definition) is 0. The van der Waals surface area contributed by atoms with Crippen LogP contribution < -0.4 is 9.47 Å². The molecule has 0 saturated heterocycles. The lowest BCUT2D eigenvalue weighted by Gasteiger charge is -2.26. The summed E-state index contributed by atoms with van der Waals surface area (Å²) in [4.78, 5) is 0. The molecule has 2 aromatic rings. The largest absolute Gasteiger partial charge is 0.493 e. The van der Waals surface area contributed by atoms with Crippen LogP contribution in [0.1, 0.15) is 23.5 Å². The molecule has 1 aliphatic heterocycles. The second-order valence-corrected chi connectivity index (χ2v) is 6.50. The van der Waals surface area contributed by atoms with Crippen LogP contribution in [-0.2, 0) is 5.33 Å². The minimum absolute atomic E-state index is 0.387. The van der Waals surface area contributed by atoms with Crippen molar-refractivity contribution in [3.05, 3.63) is 58.1 Å². The predicted molar refractivity (Wildman–Crippen MR) is 91.6 cm³/mol. The summed E-state index contributed by atoms with van der Waals surface area (Å²) < 4.78 is 12.7. The molecule has 0 bridgehead atoms. The second-order valence-electron chi connectivity index (χ2n) is 5.08. The van der Waals surface area contributed by atoms with Crippen LogP contribution in [0.2, 0.25) is 0 Å². The molecule has 110 valence electrons. The fourth-order valence-corrected chi connectivity index (χ4v) is 3.41. The highest BCUT2D eigenvalue weighted by Gasteiger charge is 2.21. The second kappa shape index (κ2) is 6.84. The van der Waals surface area contributed by atoms with Crippen molar-refractivity contribution < 1.29 is 9.47 Å². The van der Waals surface area contributed by atoms with Crippen LogP contribution in [-0.4, -0.2) is 13.2 Å². The van der Waals surface area contributed by atoms with E-state index in [4.69, 9.17) is 9.47 Å². The van der Waals surface area contributed by atoms with Crippen LogP contribution >= 0.6 is 31.9 Å². The summed E-state index contributed by atoms with van der Waals surface area (Å²) in [6.07, 6.45) is 0.994. The van der Waals surface area contributed by atoms with E-state index in [2.05, 4.69) is 56.1 Å². The Morgan fingerprint density at radius 2 is 2.05 bits per heavy atom. The molecule has 0 saturated carbocycles. The molecule has 21 heavy (non-hydrogen) atoms. The maximum absolute atomic E-state index is 6.01. The summed E-state index contributed by atoms with van der Waals surface area (Å²) in [7, 11) is 0. The van der Waals surface area contributed by atoms with Crippen molar-refractivity contribution in [1.29, 1.82) is 0 Å². The molecule has 0 fully saturated rings. The molecule has 2 aromatic carbocycles. The Labute approximate surface area is 141 Å². The van der Waals surface area contributed by atoms with E-state index in [0.29, 0.717) is 12.5 Å². The van der Waals surface area contributed by atoms with Gasteiger partial charge in [-0.1, -0.05) is 40.2 Å². The quantitative estimate of drug-likeness (QED) is 0.636. The minimum Gasteiger partial charge on any atom is -0.493 e. The van der Waals surface area contributed by atoms with Gasteiger partial charge < -0.3 is 9.47 Å². The van der Waals surface area contributed by atoms with Crippen LogP contribution in [0, 0.1) is 0 Å². The molecule has 0 aromatic heterocycles. The molecule has 2 nitrogen and oxygen atoms in total. The Hall–Kier alpha value is -1.00. The van der Waals surface area contributed by atoms with Gasteiger partial charge in [0, 0.05) is 16.8 Å². The zero-order chi connectivity index (χ0) is 14.7. The smallest absolute Gasteiger partial charge is 0.133 e. The van der Waals surface area contributed by atoms with Crippen LogP contribution in [0.5, 0.6) is 11.5 Å². The molecule has 0 amide bonds. The van der Waals surface area contributed by atoms with Crippen molar-refractivity contribution in [1.82, 2.24) is 0 Å². The molecular weight excluding hydrogens is 396 g/mol. The number of fused-ring (bicyclic) bond motifs is 1. The number of hydrogen-bond acceptors (Lipinski definition) is 2. The molecule has 1 unspecified atom stereocenters. The third kappa shape index (κ3) is 3.43. The van der Waals surface area contributed by atoms with E-state index < -0.39 is 0 Å². The molecule has 0 radical (unpaired) electrons. The first-order valence-corrected chi connectivity index (χ1v) is 8.88. The highest BCUT2D eigenvalue weighted by Crippen LogP contribution is 2.35. The Morgan fingerprint density at radius 3 is 2.86 bits per heavy atom. The van der Waals surface area contributed by atoms with Gasteiger partial charge in [0.05, 0.1) is 17.7 Å². The van der Waals surface area contributed by atoms with Gasteiger partial charge >= 0.3 is 0 Å². The topological polar surface area (TPSA) is 18.5 Å². The molecule has 1 heterocycles. The Morgan fingerprint density at radius 1 is 1.19 bits per heavy atom. The lowest BCUT2D eigenvalue weighted by Crippen LogP contribution is -2.19. The molecule has 0 spiro atoms. The van der Waals surface area contributed by atoms with Crippen molar-refractivity contribution >= 4 is 31.9 Å². The van der Waals surface area contributed by atoms with Crippen LogP contribution in [0.15, 0.2) is 46.9 Å². The monoisotopic (exact) mass is 410 g/mol. The molecule has 1 atom stereocenters. The SMILES string of the molecule is BrCc1ccc(OCC2CCOc3ccccc32)c(Br)c1. The summed E-state index contributed by atoms with van der Waals surface area (Å²) in [5, 5.41) is 0.846. The van der Waals surface area contributed by atoms with Crippen LogP contribution in [0.25, 0.3) is 0 Å². The van der Waals surface area contributed by atoms with Gasteiger partial charge in [-0.05, 0) is 46.1 Å². The van der Waals surface area contributed by atoms with Gasteiger partial charge in [-0.3, -0.25) is 0 Å². The highest BCUT2D eigenvalue weighted by molar-refractivity contribution is 9.10. The standard InChI is InChI=1S/C17H16Br2O2/c18-10-12-5-6-17(15(19)9-12)21-11-13-7-8-20-16-4-2-1-3-14(13)16/h1-6,9,13H,7-8,10-11H2. The van der Waals surface area contributed by atoms with E-state index in [1.54, 1.807) is 0 Å². The summed E-state index contributed by atoms with van der Waals surface area (Å²) in [5.41, 5.74) is 2.47. The Bertz CT molecular complexity index is 628. The van der Waals surface area contributed by atoms with Crippen molar-refractivity contribution in [2.45, 2.75) is 17.7 Å². The summed E-state index contributed by atoms with van der Waals surface area (Å²) >= 11 is 7.03. The van der Waals surface area contributed by atoms with Gasteiger partial charge in [0.15, 0.2) is 0 Å². The molecule has 0 aliphatic carbocycles. The minimum atomic E-state index is 0.387. The van der Waals surface area contributed by atoms with E-state index in [0.717, 1.165) is 34.3 Å². The third-order valence-electron chi connectivity index (χ3n) is 3.67. The number of para-hydroxylation sites is 1. The average Bonchev–Trinajstić information content (AvgIpc) is 2.53. The maximum atomic E-state index is 6.01. The number of alkyl halides is 1. The first kappa shape index (κ1) is 14.9. The van der Waals surface area contributed by atoms with Crippen molar-refractivity contribution in [3.63, 3.8) is 0 Å². The fourth-order valence-electron chi connectivity index (χ4n) is 2.52. The molecule has 4 heteroatoms. The fraction of sp³-hybridized carbons (Fsp3) is 0.294. The number of halogens is 2. The van der Waals surface area contributed by atoms with E-state index in [-0.39, 0.29) is 0 Å². The lowest BCUT2D eigenvalue weighted by atomic mass is 9.94. The number of benzene rings is 2. The zero-order valence-corrected chi connectivity index (χ0v) is 14.7. The van der Waals surface area contributed by atoms with Crippen molar-refractivity contribution in [2.75, 3.05) is 13.2 Å². The zero-order valence-electron chi connectivity index (χ0n) is 11.5. The maximum Gasteiger partial charge on any atom is 0.133 e. The van der Waals surface area contributed by atoms with E-state index >= 15 is 0 Å². The Balaban J connectivity index is 1.71. The van der Waals surface area contributed by atoms with E-state index in [9.17, 15) is 0 Å². The van der Waals surface area contributed by atoms with Crippen molar-refractivity contribution in [3.8, 4) is 11.5 Å². The molecule has 3 rings (SSSR count). The predicted octanol–water partition coefficient (Wildman–Crippen LogP) is 5.29. The number of ether oxygens (including phenoxy) is 2. The van der Waals surface area contributed by atoms with Gasteiger partial charge in [0.1, 0.15) is 11.5 Å². The summed E-state index contributed by atoms with van der Waals surface area (Å²) in [6, 6.07) is 14.4. The van der Waals surface area contributed by atoms with Crippen LogP contribution in [0.4, 0.5) is 0 Å². The third-order valence-corrected chi connectivity index (χ3v) is 4.94. The first-order chi connectivity index (χ1) is 10.3. The molecular formula is C17H16Br2O2. The first-order valence-electron chi connectivity index (χ1n) is 6.97.